The SMILES string of the molecule is COC(=O)C(c1ccc(F)cc1Cl)C1C=CC(NC(=O)c2ccc(C(F)(F)F)c(F)c2)C1. The van der Waals surface area contributed by atoms with Crippen LogP contribution in [0.3, 0.4) is 0 Å². The van der Waals surface area contributed by atoms with Crippen molar-refractivity contribution in [3.63, 3.8) is 0 Å². The highest BCUT2D eigenvalue weighted by Gasteiger charge is 2.36. The van der Waals surface area contributed by atoms with Gasteiger partial charge in [0.1, 0.15) is 11.6 Å². The molecule has 170 valence electrons. The number of esters is 1. The first-order chi connectivity index (χ1) is 15.0. The first-order valence-corrected chi connectivity index (χ1v) is 9.77. The van der Waals surface area contributed by atoms with E-state index in [9.17, 15) is 31.5 Å². The molecule has 3 rings (SSSR count). The van der Waals surface area contributed by atoms with Crippen molar-refractivity contribution in [2.45, 2.75) is 24.6 Å². The molecule has 0 spiro atoms. The fourth-order valence-electron chi connectivity index (χ4n) is 3.63. The minimum Gasteiger partial charge on any atom is -0.469 e. The van der Waals surface area contributed by atoms with Crippen LogP contribution in [0.1, 0.15) is 33.8 Å². The highest BCUT2D eigenvalue weighted by Crippen LogP contribution is 2.38. The van der Waals surface area contributed by atoms with Crippen LogP contribution in [0.4, 0.5) is 22.0 Å². The number of rotatable bonds is 5. The van der Waals surface area contributed by atoms with E-state index >= 15 is 0 Å². The summed E-state index contributed by atoms with van der Waals surface area (Å²) >= 11 is 6.11. The summed E-state index contributed by atoms with van der Waals surface area (Å²) in [6.45, 7) is 0. The molecule has 4 nitrogen and oxygen atoms in total. The smallest absolute Gasteiger partial charge is 0.419 e. The van der Waals surface area contributed by atoms with Gasteiger partial charge in [0.05, 0.1) is 18.6 Å². The van der Waals surface area contributed by atoms with Gasteiger partial charge in [-0.25, -0.2) is 8.78 Å². The van der Waals surface area contributed by atoms with Crippen molar-refractivity contribution < 1.29 is 36.3 Å². The average Bonchev–Trinajstić information content (AvgIpc) is 3.16. The molecule has 2 aromatic rings. The fraction of sp³-hybridized carbons (Fsp3) is 0.273. The number of benzene rings is 2. The number of carbonyl (C=O) groups is 2. The Kier molecular flexibility index (Phi) is 6.88. The number of amides is 1. The summed E-state index contributed by atoms with van der Waals surface area (Å²) in [6.07, 6.45) is -1.36. The second kappa shape index (κ2) is 9.28. The Morgan fingerprint density at radius 2 is 1.84 bits per heavy atom. The van der Waals surface area contributed by atoms with Crippen molar-refractivity contribution in [2.24, 2.45) is 5.92 Å². The normalized spacial score (nSPS) is 19.0. The van der Waals surface area contributed by atoms with Gasteiger partial charge in [-0.3, -0.25) is 9.59 Å². The molecular weight excluding hydrogens is 457 g/mol. The summed E-state index contributed by atoms with van der Waals surface area (Å²) in [5.74, 6) is -4.83. The monoisotopic (exact) mass is 473 g/mol. The van der Waals surface area contributed by atoms with E-state index in [1.54, 1.807) is 12.2 Å². The Labute approximate surface area is 185 Å². The molecular formula is C22H17ClF5NO3. The van der Waals surface area contributed by atoms with E-state index in [-0.39, 0.29) is 17.0 Å². The molecule has 32 heavy (non-hydrogen) atoms. The zero-order valence-corrected chi connectivity index (χ0v) is 17.3. The maximum absolute atomic E-state index is 13.8. The summed E-state index contributed by atoms with van der Waals surface area (Å²) in [5.41, 5.74) is -1.39. The van der Waals surface area contributed by atoms with Gasteiger partial charge in [0.2, 0.25) is 0 Å². The summed E-state index contributed by atoms with van der Waals surface area (Å²) in [5, 5.41) is 2.62. The van der Waals surface area contributed by atoms with Crippen LogP contribution >= 0.6 is 11.6 Å². The first kappa shape index (κ1) is 23.7. The molecule has 1 N–H and O–H groups in total. The lowest BCUT2D eigenvalue weighted by Crippen LogP contribution is -2.34. The van der Waals surface area contributed by atoms with Crippen LogP contribution in [0.15, 0.2) is 48.6 Å². The minimum atomic E-state index is -4.87. The van der Waals surface area contributed by atoms with Gasteiger partial charge in [-0.05, 0) is 48.2 Å². The average molecular weight is 474 g/mol. The maximum Gasteiger partial charge on any atom is 0.419 e. The number of ether oxygens (including phenoxy) is 1. The van der Waals surface area contributed by atoms with E-state index in [0.717, 1.165) is 18.2 Å². The molecule has 0 fully saturated rings. The largest absolute Gasteiger partial charge is 0.469 e. The van der Waals surface area contributed by atoms with Gasteiger partial charge in [-0.15, -0.1) is 0 Å². The Balaban J connectivity index is 1.74. The number of allylic oxidation sites excluding steroid dienone is 1. The Hall–Kier alpha value is -2.94. The molecule has 0 saturated heterocycles. The van der Waals surface area contributed by atoms with E-state index in [2.05, 4.69) is 5.32 Å². The molecule has 0 heterocycles. The van der Waals surface area contributed by atoms with E-state index in [0.29, 0.717) is 17.7 Å². The van der Waals surface area contributed by atoms with Crippen LogP contribution in [0.5, 0.6) is 0 Å². The fourth-order valence-corrected chi connectivity index (χ4v) is 3.92. The van der Waals surface area contributed by atoms with Crippen LogP contribution < -0.4 is 5.32 Å². The molecule has 2 aromatic carbocycles. The van der Waals surface area contributed by atoms with Crippen LogP contribution in [0, 0.1) is 17.6 Å². The molecule has 0 saturated carbocycles. The molecule has 10 heteroatoms. The van der Waals surface area contributed by atoms with Gasteiger partial charge in [0.25, 0.3) is 5.91 Å². The lowest BCUT2D eigenvalue weighted by molar-refractivity contribution is -0.143. The van der Waals surface area contributed by atoms with Crippen molar-refractivity contribution in [3.05, 3.63) is 81.9 Å². The van der Waals surface area contributed by atoms with Crippen molar-refractivity contribution in [1.29, 1.82) is 0 Å². The van der Waals surface area contributed by atoms with Gasteiger partial charge in [0, 0.05) is 16.6 Å². The molecule has 0 radical (unpaired) electrons. The minimum absolute atomic E-state index is 0.0431. The van der Waals surface area contributed by atoms with Gasteiger partial charge in [-0.2, -0.15) is 13.2 Å². The molecule has 3 unspecified atom stereocenters. The van der Waals surface area contributed by atoms with E-state index in [4.69, 9.17) is 16.3 Å². The van der Waals surface area contributed by atoms with Crippen LogP contribution in [0.2, 0.25) is 5.02 Å². The van der Waals surface area contributed by atoms with Crippen LogP contribution in [-0.4, -0.2) is 25.0 Å². The summed E-state index contributed by atoms with van der Waals surface area (Å²) < 4.78 is 70.1. The van der Waals surface area contributed by atoms with Crippen molar-refractivity contribution in [3.8, 4) is 0 Å². The number of halogens is 6. The zero-order chi connectivity index (χ0) is 23.6. The van der Waals surface area contributed by atoms with Crippen LogP contribution in [-0.2, 0) is 15.7 Å². The van der Waals surface area contributed by atoms with Crippen molar-refractivity contribution >= 4 is 23.5 Å². The summed E-state index contributed by atoms with van der Waals surface area (Å²) in [4.78, 5) is 24.8. The van der Waals surface area contributed by atoms with E-state index in [1.165, 1.54) is 13.2 Å². The zero-order valence-electron chi connectivity index (χ0n) is 16.6. The third kappa shape index (κ3) is 5.09. The van der Waals surface area contributed by atoms with Gasteiger partial charge in [-0.1, -0.05) is 29.8 Å². The molecule has 1 aliphatic rings. The number of hydrogen-bond donors (Lipinski definition) is 1. The second-order valence-electron chi connectivity index (χ2n) is 7.22. The third-order valence-electron chi connectivity index (χ3n) is 5.15. The molecule has 1 aliphatic carbocycles. The maximum atomic E-state index is 13.8. The Bertz CT molecular complexity index is 1070. The number of methoxy groups -OCH3 is 1. The summed E-state index contributed by atoms with van der Waals surface area (Å²) in [7, 11) is 1.20. The lowest BCUT2D eigenvalue weighted by Gasteiger charge is -2.23. The molecule has 3 atom stereocenters. The lowest BCUT2D eigenvalue weighted by atomic mass is 9.85. The van der Waals surface area contributed by atoms with Crippen molar-refractivity contribution in [2.75, 3.05) is 7.11 Å². The quantitative estimate of drug-likeness (QED) is 0.366. The topological polar surface area (TPSA) is 55.4 Å². The van der Waals surface area contributed by atoms with Gasteiger partial charge < -0.3 is 10.1 Å². The highest BCUT2D eigenvalue weighted by molar-refractivity contribution is 6.31. The molecule has 0 aromatic heterocycles. The highest BCUT2D eigenvalue weighted by atomic mass is 35.5. The van der Waals surface area contributed by atoms with E-state index in [1.807, 2.05) is 0 Å². The number of alkyl halides is 3. The van der Waals surface area contributed by atoms with Crippen molar-refractivity contribution in [1.82, 2.24) is 5.32 Å². The van der Waals surface area contributed by atoms with Gasteiger partial charge >= 0.3 is 12.1 Å². The number of hydrogen-bond acceptors (Lipinski definition) is 3. The molecule has 1 amide bonds. The number of nitrogens with one attached hydrogen (secondary N) is 1. The molecule has 0 aliphatic heterocycles. The second-order valence-corrected chi connectivity index (χ2v) is 7.63. The Morgan fingerprint density at radius 1 is 1.12 bits per heavy atom. The predicted octanol–water partition coefficient (Wildman–Crippen LogP) is 5.27. The van der Waals surface area contributed by atoms with E-state index < -0.39 is 53.1 Å². The number of carbonyl (C=O) groups excluding carboxylic acids is 2. The third-order valence-corrected chi connectivity index (χ3v) is 5.48. The molecule has 0 bridgehead atoms. The van der Waals surface area contributed by atoms with Gasteiger partial charge in [0.15, 0.2) is 0 Å². The van der Waals surface area contributed by atoms with Crippen LogP contribution in [0.25, 0.3) is 0 Å². The summed E-state index contributed by atoms with van der Waals surface area (Å²) in [6, 6.07) is 4.93. The predicted molar refractivity (Wildman–Crippen MR) is 106 cm³/mol. The Morgan fingerprint density at radius 3 is 2.44 bits per heavy atom. The standard InChI is InChI=1S/C22H17ClF5NO3/c1-32-21(31)19(15-6-4-13(24)10-17(15)23)11-2-5-14(8-11)29-20(30)12-3-7-16(18(25)9-12)22(26,27)28/h2-7,9-11,14,19H,8H2,1H3,(H,29,30). The first-order valence-electron chi connectivity index (χ1n) is 9.40.